The quantitative estimate of drug-likeness (QED) is 0.536. The average Bonchev–Trinajstić information content (AvgIpc) is 2.54. The average molecular weight is 204 g/mol. The van der Waals surface area contributed by atoms with Crippen molar-refractivity contribution in [2.75, 3.05) is 6.54 Å². The molecule has 1 aliphatic heterocycles. The number of hydrogen-bond acceptors (Lipinski definition) is 3. The molecule has 0 aromatic heterocycles. The molecule has 0 atom stereocenters. The van der Waals surface area contributed by atoms with E-state index in [0.29, 0.717) is 0 Å². The van der Waals surface area contributed by atoms with Gasteiger partial charge in [0.15, 0.2) is 0 Å². The lowest BCUT2D eigenvalue weighted by atomic mass is 10.5. The van der Waals surface area contributed by atoms with Gasteiger partial charge in [-0.05, 0) is 0 Å². The molecule has 1 fully saturated rings. The number of hydrogen-bond donors (Lipinski definition) is 3. The van der Waals surface area contributed by atoms with Crippen molar-refractivity contribution >= 4 is 17.9 Å². The molecule has 6 nitrogen and oxygen atoms in total. The maximum absolute atomic E-state index is 10.1. The fourth-order valence-corrected chi connectivity index (χ4v) is 0.376. The number of imide groups is 1. The molecule has 0 radical (unpaired) electrons. The van der Waals surface area contributed by atoms with Gasteiger partial charge in [-0.1, -0.05) is 20.8 Å². The first-order valence-electron chi connectivity index (χ1n) is 4.35. The van der Waals surface area contributed by atoms with Crippen LogP contribution in [0.25, 0.3) is 0 Å². The van der Waals surface area contributed by atoms with Crippen LogP contribution >= 0.6 is 0 Å². The zero-order valence-electron chi connectivity index (χ0n) is 8.59. The van der Waals surface area contributed by atoms with Gasteiger partial charge in [-0.3, -0.25) is 14.9 Å². The summed E-state index contributed by atoms with van der Waals surface area (Å²) in [6, 6.07) is -0.398. The topological polar surface area (TPSA) is 95.5 Å². The van der Waals surface area contributed by atoms with Crippen LogP contribution in [0.5, 0.6) is 0 Å². The lowest BCUT2D eigenvalue weighted by molar-refractivity contribution is -0.136. The predicted molar refractivity (Wildman–Crippen MR) is 50.8 cm³/mol. The Morgan fingerprint density at radius 2 is 1.86 bits per heavy atom. The van der Waals surface area contributed by atoms with Gasteiger partial charge in [-0.15, -0.1) is 0 Å². The van der Waals surface area contributed by atoms with Crippen molar-refractivity contribution in [3.05, 3.63) is 0 Å². The molecule has 0 spiro atoms. The highest BCUT2D eigenvalue weighted by Gasteiger charge is 2.14. The number of rotatable bonds is 1. The molecular formula is C8H16N2O4. The minimum absolute atomic E-state index is 0.124. The molecular weight excluding hydrogens is 188 g/mol. The summed E-state index contributed by atoms with van der Waals surface area (Å²) in [4.78, 5) is 29.4. The molecule has 3 N–H and O–H groups in total. The van der Waals surface area contributed by atoms with E-state index in [1.807, 2.05) is 19.2 Å². The molecule has 0 bridgehead atoms. The maximum atomic E-state index is 10.1. The van der Waals surface area contributed by atoms with Crippen molar-refractivity contribution in [2.45, 2.75) is 27.2 Å². The molecule has 0 aromatic rings. The number of carbonyl (C=O) groups excluding carboxylic acids is 2. The first kappa shape index (κ1) is 14.9. The van der Waals surface area contributed by atoms with Gasteiger partial charge < -0.3 is 10.4 Å². The molecule has 14 heavy (non-hydrogen) atoms. The Morgan fingerprint density at radius 3 is 1.93 bits per heavy atom. The van der Waals surface area contributed by atoms with Crippen molar-refractivity contribution in [1.29, 1.82) is 0 Å². The minimum Gasteiger partial charge on any atom is -0.481 e. The van der Waals surface area contributed by atoms with Crippen molar-refractivity contribution in [1.82, 2.24) is 10.6 Å². The Morgan fingerprint density at radius 1 is 1.43 bits per heavy atom. The Kier molecular flexibility index (Phi) is 10.1. The number of urea groups is 1. The summed E-state index contributed by atoms with van der Waals surface area (Å²) in [6.45, 7) is 5.72. The first-order chi connectivity index (χ1) is 6.56. The molecule has 0 aliphatic carbocycles. The van der Waals surface area contributed by atoms with Gasteiger partial charge in [0, 0.05) is 6.42 Å². The van der Waals surface area contributed by atoms with Crippen molar-refractivity contribution in [2.24, 2.45) is 0 Å². The van der Waals surface area contributed by atoms with Gasteiger partial charge in [-0.25, -0.2) is 4.79 Å². The standard InChI is InChI=1S/C3H4N2O2.C3H6O2.C2H6/c6-2-1-4-3(7)5-2;1-2-3(4)5;1-2/h1H2,(H2,4,5,6,7);2H2,1H3,(H,4,5);1-2H3. The van der Waals surface area contributed by atoms with Crippen molar-refractivity contribution in [3.8, 4) is 0 Å². The van der Waals surface area contributed by atoms with Crippen molar-refractivity contribution < 1.29 is 19.5 Å². The number of carboxylic acid groups (broad SMARTS) is 1. The summed E-state index contributed by atoms with van der Waals surface area (Å²) in [7, 11) is 0. The normalized spacial score (nSPS) is 12.5. The second-order valence-corrected chi connectivity index (χ2v) is 1.98. The van der Waals surface area contributed by atoms with Crippen LogP contribution in [0.15, 0.2) is 0 Å². The van der Waals surface area contributed by atoms with Crippen LogP contribution in [0.3, 0.4) is 0 Å². The first-order valence-corrected chi connectivity index (χ1v) is 4.35. The fraction of sp³-hybridized carbons (Fsp3) is 0.625. The second kappa shape index (κ2) is 9.50. The van der Waals surface area contributed by atoms with E-state index in [9.17, 15) is 14.4 Å². The molecule has 1 aliphatic rings. The van der Waals surface area contributed by atoms with Crippen LogP contribution in [-0.4, -0.2) is 29.6 Å². The molecule has 0 unspecified atom stereocenters. The van der Waals surface area contributed by atoms with Crippen LogP contribution in [-0.2, 0) is 9.59 Å². The molecule has 1 saturated heterocycles. The molecule has 1 rings (SSSR count). The molecule has 82 valence electrons. The van der Waals surface area contributed by atoms with E-state index in [4.69, 9.17) is 5.11 Å². The fourth-order valence-electron chi connectivity index (χ4n) is 0.376. The van der Waals surface area contributed by atoms with Crippen molar-refractivity contribution in [3.63, 3.8) is 0 Å². The lowest BCUT2D eigenvalue weighted by Gasteiger charge is -1.78. The van der Waals surface area contributed by atoms with Gasteiger partial charge >= 0.3 is 12.0 Å². The monoisotopic (exact) mass is 204 g/mol. The minimum atomic E-state index is -0.745. The smallest absolute Gasteiger partial charge is 0.321 e. The third kappa shape index (κ3) is 10.4. The van der Waals surface area contributed by atoms with E-state index in [0.717, 1.165) is 0 Å². The lowest BCUT2D eigenvalue weighted by Crippen LogP contribution is -2.22. The van der Waals surface area contributed by atoms with Gasteiger partial charge in [0.2, 0.25) is 5.91 Å². The van der Waals surface area contributed by atoms with Crippen LogP contribution in [0.4, 0.5) is 4.79 Å². The van der Waals surface area contributed by atoms with E-state index in [-0.39, 0.29) is 18.9 Å². The van der Waals surface area contributed by atoms with E-state index in [2.05, 4.69) is 5.32 Å². The maximum Gasteiger partial charge on any atom is 0.321 e. The number of aliphatic carboxylic acids is 1. The molecule has 0 aromatic carbocycles. The summed E-state index contributed by atoms with van der Waals surface area (Å²) in [5.41, 5.74) is 0. The predicted octanol–water partition coefficient (Wildman–Crippen LogP) is 0.333. The summed E-state index contributed by atoms with van der Waals surface area (Å²) in [5, 5.41) is 12.0. The van der Waals surface area contributed by atoms with Crippen LogP contribution in [0.2, 0.25) is 0 Å². The zero-order valence-corrected chi connectivity index (χ0v) is 8.59. The van der Waals surface area contributed by atoms with Gasteiger partial charge in [-0.2, -0.15) is 0 Å². The third-order valence-electron chi connectivity index (χ3n) is 0.965. The van der Waals surface area contributed by atoms with Crippen LogP contribution in [0.1, 0.15) is 27.2 Å². The summed E-state index contributed by atoms with van der Waals surface area (Å²) < 4.78 is 0. The largest absolute Gasteiger partial charge is 0.481 e. The van der Waals surface area contributed by atoms with E-state index < -0.39 is 12.0 Å². The molecule has 3 amide bonds. The highest BCUT2D eigenvalue weighted by Crippen LogP contribution is 1.73. The highest BCUT2D eigenvalue weighted by atomic mass is 16.4. The molecule has 1 heterocycles. The van der Waals surface area contributed by atoms with Crippen LogP contribution in [0, 0.1) is 0 Å². The molecule has 6 heteroatoms. The summed E-state index contributed by atoms with van der Waals surface area (Å²) >= 11 is 0. The van der Waals surface area contributed by atoms with Gasteiger partial charge in [0.05, 0.1) is 6.54 Å². The number of carboxylic acids is 1. The van der Waals surface area contributed by atoms with Crippen LogP contribution < -0.4 is 10.6 Å². The third-order valence-corrected chi connectivity index (χ3v) is 0.965. The Labute approximate surface area is 82.7 Å². The second-order valence-electron chi connectivity index (χ2n) is 1.98. The number of carbonyl (C=O) groups is 3. The van der Waals surface area contributed by atoms with E-state index >= 15 is 0 Å². The summed E-state index contributed by atoms with van der Waals surface area (Å²) in [6.07, 6.45) is 0.222. The SMILES string of the molecule is CC.CCC(=O)O.O=C1CNC(=O)N1. The Bertz CT molecular complexity index is 190. The summed E-state index contributed by atoms with van der Waals surface area (Å²) in [5.74, 6) is -1.00. The van der Waals surface area contributed by atoms with E-state index in [1.54, 1.807) is 6.92 Å². The highest BCUT2D eigenvalue weighted by molar-refractivity contribution is 6.01. The van der Waals surface area contributed by atoms with E-state index in [1.165, 1.54) is 0 Å². The van der Waals surface area contributed by atoms with Gasteiger partial charge in [0.1, 0.15) is 0 Å². The molecule has 0 saturated carbocycles. The van der Waals surface area contributed by atoms with Gasteiger partial charge in [0.25, 0.3) is 0 Å². The zero-order chi connectivity index (χ0) is 11.6. The number of nitrogens with one attached hydrogen (secondary N) is 2. The Hall–Kier alpha value is -1.59. The number of amides is 3. The Balaban J connectivity index is 0.